The molecule has 0 saturated carbocycles. The third-order valence-corrected chi connectivity index (χ3v) is 3.94. The molecule has 2 aromatic carbocycles. The van der Waals surface area contributed by atoms with Crippen LogP contribution in [0.2, 0.25) is 0 Å². The van der Waals surface area contributed by atoms with Crippen LogP contribution in [0.3, 0.4) is 0 Å². The molecule has 26 heavy (non-hydrogen) atoms. The van der Waals surface area contributed by atoms with E-state index in [2.05, 4.69) is 10.3 Å². The highest BCUT2D eigenvalue weighted by Gasteiger charge is 2.26. The number of halogens is 3. The average Bonchev–Trinajstić information content (AvgIpc) is 2.96. The van der Waals surface area contributed by atoms with Gasteiger partial charge in [-0.1, -0.05) is 18.2 Å². The number of H-pyrrole nitrogens is 1. The number of benzene rings is 2. The summed E-state index contributed by atoms with van der Waals surface area (Å²) in [4.78, 5) is 26.6. The highest BCUT2D eigenvalue weighted by molar-refractivity contribution is 5.97. The summed E-state index contributed by atoms with van der Waals surface area (Å²) in [6.45, 7) is 0. The number of aromatic nitrogens is 1. The van der Waals surface area contributed by atoms with Crippen molar-refractivity contribution in [2.45, 2.75) is 12.5 Å². The zero-order chi connectivity index (χ0) is 18.8. The molecule has 1 atom stereocenters. The molecule has 1 amide bonds. The number of hydrogen-bond donors (Lipinski definition) is 3. The maximum atomic E-state index is 13.7. The van der Waals surface area contributed by atoms with Gasteiger partial charge in [-0.3, -0.25) is 4.79 Å². The number of rotatable bonds is 5. The van der Waals surface area contributed by atoms with Gasteiger partial charge in [-0.25, -0.2) is 18.0 Å². The molecule has 0 unspecified atom stereocenters. The molecule has 0 aliphatic carbocycles. The predicted octanol–water partition coefficient (Wildman–Crippen LogP) is 3.01. The summed E-state index contributed by atoms with van der Waals surface area (Å²) in [6, 6.07) is 6.44. The van der Waals surface area contributed by atoms with Gasteiger partial charge in [0.25, 0.3) is 5.91 Å². The van der Waals surface area contributed by atoms with Gasteiger partial charge in [-0.2, -0.15) is 0 Å². The summed E-state index contributed by atoms with van der Waals surface area (Å²) in [5.74, 6) is -6.63. The molecule has 3 N–H and O–H groups in total. The molecule has 3 rings (SSSR count). The number of carboxylic acid groups (broad SMARTS) is 1. The van der Waals surface area contributed by atoms with Crippen LogP contribution in [0.25, 0.3) is 10.9 Å². The van der Waals surface area contributed by atoms with Crippen LogP contribution in [-0.4, -0.2) is 28.0 Å². The van der Waals surface area contributed by atoms with Crippen molar-refractivity contribution in [1.29, 1.82) is 0 Å². The lowest BCUT2D eigenvalue weighted by molar-refractivity contribution is -0.139. The number of fused-ring (bicyclic) bond motifs is 1. The maximum absolute atomic E-state index is 13.7. The van der Waals surface area contributed by atoms with Crippen LogP contribution >= 0.6 is 0 Å². The molecule has 0 radical (unpaired) electrons. The topological polar surface area (TPSA) is 82.2 Å². The lowest BCUT2D eigenvalue weighted by Crippen LogP contribution is -2.43. The number of carbonyl (C=O) groups is 2. The van der Waals surface area contributed by atoms with E-state index in [1.54, 1.807) is 30.5 Å². The molecule has 5 nitrogen and oxygen atoms in total. The van der Waals surface area contributed by atoms with E-state index < -0.39 is 40.9 Å². The molecule has 134 valence electrons. The van der Waals surface area contributed by atoms with Gasteiger partial charge in [-0.15, -0.1) is 0 Å². The largest absolute Gasteiger partial charge is 0.480 e. The van der Waals surface area contributed by atoms with Crippen molar-refractivity contribution < 1.29 is 27.9 Å². The van der Waals surface area contributed by atoms with Gasteiger partial charge in [0, 0.05) is 35.7 Å². The number of carboxylic acids is 1. The molecule has 0 aliphatic rings. The summed E-state index contributed by atoms with van der Waals surface area (Å²) in [5, 5.41) is 12.2. The highest BCUT2D eigenvalue weighted by Crippen LogP contribution is 2.20. The quantitative estimate of drug-likeness (QED) is 0.653. The summed E-state index contributed by atoms with van der Waals surface area (Å²) >= 11 is 0. The Kier molecular flexibility index (Phi) is 4.66. The fourth-order valence-corrected chi connectivity index (χ4v) is 2.71. The number of aromatic amines is 1. The first-order valence-corrected chi connectivity index (χ1v) is 7.60. The summed E-state index contributed by atoms with van der Waals surface area (Å²) < 4.78 is 40.4. The van der Waals surface area contributed by atoms with Crippen molar-refractivity contribution in [1.82, 2.24) is 10.3 Å². The SMILES string of the molecule is O=C(N[C@@H](Cc1c[nH]c2ccccc12)C(=O)O)c1c(F)cc(F)cc1F. The van der Waals surface area contributed by atoms with E-state index in [9.17, 15) is 27.9 Å². The van der Waals surface area contributed by atoms with Gasteiger partial charge in [-0.05, 0) is 11.6 Å². The Morgan fingerprint density at radius 2 is 1.77 bits per heavy atom. The maximum Gasteiger partial charge on any atom is 0.326 e. The van der Waals surface area contributed by atoms with Gasteiger partial charge >= 0.3 is 5.97 Å². The Morgan fingerprint density at radius 3 is 2.42 bits per heavy atom. The Morgan fingerprint density at radius 1 is 1.12 bits per heavy atom. The Balaban J connectivity index is 1.85. The molecule has 0 bridgehead atoms. The van der Waals surface area contributed by atoms with Crippen LogP contribution < -0.4 is 5.32 Å². The van der Waals surface area contributed by atoms with Crippen molar-refractivity contribution in [2.24, 2.45) is 0 Å². The molecule has 1 heterocycles. The fraction of sp³-hybridized carbons (Fsp3) is 0.111. The minimum atomic E-state index is -1.43. The predicted molar refractivity (Wildman–Crippen MR) is 87.2 cm³/mol. The monoisotopic (exact) mass is 362 g/mol. The zero-order valence-corrected chi connectivity index (χ0v) is 13.2. The van der Waals surface area contributed by atoms with Crippen molar-refractivity contribution >= 4 is 22.8 Å². The van der Waals surface area contributed by atoms with Crippen LogP contribution in [0, 0.1) is 17.5 Å². The molecular weight excluding hydrogens is 349 g/mol. The van der Waals surface area contributed by atoms with E-state index in [0.717, 1.165) is 10.9 Å². The van der Waals surface area contributed by atoms with Crippen molar-refractivity contribution in [3.63, 3.8) is 0 Å². The van der Waals surface area contributed by atoms with Gasteiger partial charge in [0.05, 0.1) is 0 Å². The standard InChI is InChI=1S/C18H13F3N2O3/c19-10-6-12(20)16(13(21)7-10)17(24)23-15(18(25)26)5-9-8-22-14-4-2-1-3-11(9)14/h1-4,6-8,15,22H,5H2,(H,23,24)(H,25,26)/t15-/m0/s1. The lowest BCUT2D eigenvalue weighted by Gasteiger charge is -2.15. The van der Waals surface area contributed by atoms with E-state index in [4.69, 9.17) is 0 Å². The summed E-state index contributed by atoms with van der Waals surface area (Å²) in [7, 11) is 0. The number of amides is 1. The zero-order valence-electron chi connectivity index (χ0n) is 13.2. The van der Waals surface area contributed by atoms with Gasteiger partial charge in [0.2, 0.25) is 0 Å². The molecule has 0 spiro atoms. The third-order valence-electron chi connectivity index (χ3n) is 3.94. The smallest absolute Gasteiger partial charge is 0.326 e. The second-order valence-corrected chi connectivity index (χ2v) is 5.67. The number of aliphatic carboxylic acids is 1. The molecule has 8 heteroatoms. The Hall–Kier alpha value is -3.29. The van der Waals surface area contributed by atoms with E-state index in [1.807, 2.05) is 0 Å². The van der Waals surface area contributed by atoms with Gasteiger partial charge in [0.1, 0.15) is 29.1 Å². The minimum absolute atomic E-state index is 0.102. The van der Waals surface area contributed by atoms with Crippen LogP contribution in [0.1, 0.15) is 15.9 Å². The minimum Gasteiger partial charge on any atom is -0.480 e. The van der Waals surface area contributed by atoms with Gasteiger partial charge < -0.3 is 15.4 Å². The molecular formula is C18H13F3N2O3. The first kappa shape index (κ1) is 17.5. The van der Waals surface area contributed by atoms with E-state index in [1.165, 1.54) is 0 Å². The van der Waals surface area contributed by atoms with Crippen LogP contribution in [0.5, 0.6) is 0 Å². The normalized spacial score (nSPS) is 12.1. The van der Waals surface area contributed by atoms with E-state index >= 15 is 0 Å². The van der Waals surface area contributed by atoms with Gasteiger partial charge in [0.15, 0.2) is 0 Å². The van der Waals surface area contributed by atoms with Crippen molar-refractivity contribution in [3.05, 3.63) is 71.2 Å². The number of para-hydroxylation sites is 1. The summed E-state index contributed by atoms with van der Waals surface area (Å²) in [6.07, 6.45) is 1.50. The fourth-order valence-electron chi connectivity index (χ4n) is 2.71. The number of hydrogen-bond acceptors (Lipinski definition) is 2. The van der Waals surface area contributed by atoms with Crippen LogP contribution in [-0.2, 0) is 11.2 Å². The Labute approximate surface area is 145 Å². The molecule has 0 saturated heterocycles. The Bertz CT molecular complexity index is 977. The highest BCUT2D eigenvalue weighted by atomic mass is 19.1. The van der Waals surface area contributed by atoms with Crippen LogP contribution in [0.15, 0.2) is 42.6 Å². The van der Waals surface area contributed by atoms with E-state index in [-0.39, 0.29) is 6.42 Å². The first-order valence-electron chi connectivity index (χ1n) is 7.60. The first-order chi connectivity index (χ1) is 12.4. The van der Waals surface area contributed by atoms with E-state index in [0.29, 0.717) is 17.7 Å². The third kappa shape index (κ3) is 3.39. The number of carbonyl (C=O) groups excluding carboxylic acids is 1. The van der Waals surface area contributed by atoms with Crippen LogP contribution in [0.4, 0.5) is 13.2 Å². The number of nitrogens with one attached hydrogen (secondary N) is 2. The second kappa shape index (κ2) is 6.91. The molecule has 0 fully saturated rings. The molecule has 3 aromatic rings. The lowest BCUT2D eigenvalue weighted by atomic mass is 10.0. The average molecular weight is 362 g/mol. The second-order valence-electron chi connectivity index (χ2n) is 5.67. The molecule has 1 aromatic heterocycles. The summed E-state index contributed by atoms with van der Waals surface area (Å²) in [5.41, 5.74) is 0.374. The van der Waals surface area contributed by atoms with Crippen molar-refractivity contribution in [3.8, 4) is 0 Å². The van der Waals surface area contributed by atoms with Crippen molar-refractivity contribution in [2.75, 3.05) is 0 Å². The molecule has 0 aliphatic heterocycles.